The van der Waals surface area contributed by atoms with E-state index in [1.54, 1.807) is 10.8 Å². The number of rotatable bonds is 6. The zero-order valence-corrected chi connectivity index (χ0v) is 22.4. The van der Waals surface area contributed by atoms with Gasteiger partial charge in [-0.15, -0.1) is 0 Å². The molecule has 6 rings (SSSR count). The molecule has 0 amide bonds. The summed E-state index contributed by atoms with van der Waals surface area (Å²) in [6, 6.07) is 15.9. The van der Waals surface area contributed by atoms with E-state index in [-0.39, 0.29) is 11.7 Å². The molecule has 0 saturated carbocycles. The molecule has 9 heteroatoms. The minimum absolute atomic E-state index is 0.0905. The van der Waals surface area contributed by atoms with Gasteiger partial charge in [-0.1, -0.05) is 23.7 Å². The van der Waals surface area contributed by atoms with Crippen molar-refractivity contribution in [3.8, 4) is 11.1 Å². The summed E-state index contributed by atoms with van der Waals surface area (Å²) in [5.41, 5.74) is 4.84. The Kier molecular flexibility index (Phi) is 6.78. The Hall–Kier alpha value is -3.46. The van der Waals surface area contributed by atoms with Crippen molar-refractivity contribution >= 4 is 40.0 Å². The molecule has 2 aromatic heterocycles. The highest BCUT2D eigenvalue weighted by Gasteiger charge is 2.22. The van der Waals surface area contributed by atoms with Crippen LogP contribution >= 0.6 is 11.6 Å². The van der Waals surface area contributed by atoms with Gasteiger partial charge in [-0.05, 0) is 55.9 Å². The number of aromatic nitrogens is 3. The molecule has 4 aromatic rings. The average molecular weight is 531 g/mol. The normalized spacial score (nSPS) is 18.0. The van der Waals surface area contributed by atoms with Crippen LogP contribution in [0, 0.1) is 0 Å². The first-order valence-electron chi connectivity index (χ1n) is 13.1. The summed E-state index contributed by atoms with van der Waals surface area (Å²) >= 11 is 6.64. The molecular weight excluding hydrogens is 500 g/mol. The molecule has 2 aliphatic rings. The minimum atomic E-state index is -0.129. The van der Waals surface area contributed by atoms with Crippen LogP contribution in [0.3, 0.4) is 0 Å². The van der Waals surface area contributed by atoms with Crippen LogP contribution in [0.5, 0.6) is 0 Å². The molecule has 196 valence electrons. The van der Waals surface area contributed by atoms with Gasteiger partial charge in [0.1, 0.15) is 5.65 Å². The highest BCUT2D eigenvalue weighted by atomic mass is 35.5. The standard InChI is InChI=1S/C29H31ClN6O2/c1-3-36-27-20(16-24(28(36)37)23-9-4-19(17-25(23)30)26-10-15-38-26)18-31-29(33-27)32-21-5-7-22(8-6-21)35-13-11-34(2)12-14-35/h4-9,16-18,26H,3,10-15H2,1-2H3,(H,31,32,33). The fraction of sp³-hybridized carbons (Fsp3) is 0.345. The van der Waals surface area contributed by atoms with Crippen molar-refractivity contribution < 1.29 is 4.74 Å². The van der Waals surface area contributed by atoms with Crippen LogP contribution in [0.1, 0.15) is 25.0 Å². The van der Waals surface area contributed by atoms with Crippen LogP contribution in [-0.4, -0.2) is 59.3 Å². The Morgan fingerprint density at radius 2 is 1.82 bits per heavy atom. The lowest BCUT2D eigenvalue weighted by molar-refractivity contribution is -0.0527. The largest absolute Gasteiger partial charge is 0.373 e. The molecule has 0 spiro atoms. The summed E-state index contributed by atoms with van der Waals surface area (Å²) in [5, 5.41) is 4.61. The first-order chi connectivity index (χ1) is 18.5. The molecule has 4 heterocycles. The second-order valence-corrected chi connectivity index (χ2v) is 10.3. The van der Waals surface area contributed by atoms with Crippen LogP contribution in [0.25, 0.3) is 22.2 Å². The quantitative estimate of drug-likeness (QED) is 0.372. The van der Waals surface area contributed by atoms with E-state index < -0.39 is 0 Å². The van der Waals surface area contributed by atoms with Crippen molar-refractivity contribution in [2.75, 3.05) is 50.1 Å². The number of pyridine rings is 1. The number of nitrogens with one attached hydrogen (secondary N) is 1. The first kappa shape index (κ1) is 24.9. The predicted molar refractivity (Wildman–Crippen MR) is 153 cm³/mol. The van der Waals surface area contributed by atoms with E-state index in [0.29, 0.717) is 34.3 Å². The summed E-state index contributed by atoms with van der Waals surface area (Å²) in [4.78, 5) is 27.5. The van der Waals surface area contributed by atoms with Crippen molar-refractivity contribution in [3.05, 3.63) is 75.7 Å². The third kappa shape index (κ3) is 4.75. The van der Waals surface area contributed by atoms with Gasteiger partial charge in [-0.25, -0.2) is 4.98 Å². The number of piperazine rings is 1. The zero-order chi connectivity index (χ0) is 26.2. The molecule has 1 unspecified atom stereocenters. The van der Waals surface area contributed by atoms with Crippen molar-refractivity contribution in [1.29, 1.82) is 0 Å². The van der Waals surface area contributed by atoms with Crippen molar-refractivity contribution in [2.24, 2.45) is 0 Å². The summed E-state index contributed by atoms with van der Waals surface area (Å²) < 4.78 is 7.25. The van der Waals surface area contributed by atoms with E-state index in [2.05, 4.69) is 39.3 Å². The maximum Gasteiger partial charge on any atom is 0.260 e. The van der Waals surface area contributed by atoms with Crippen LogP contribution in [-0.2, 0) is 11.3 Å². The lowest BCUT2D eigenvalue weighted by atomic mass is 9.99. The van der Waals surface area contributed by atoms with Gasteiger partial charge in [0.25, 0.3) is 5.56 Å². The van der Waals surface area contributed by atoms with Crippen LogP contribution in [0.4, 0.5) is 17.3 Å². The van der Waals surface area contributed by atoms with Gasteiger partial charge in [0.2, 0.25) is 5.95 Å². The molecule has 2 saturated heterocycles. The SMILES string of the molecule is CCn1c(=O)c(-c2ccc(C3CCO3)cc2Cl)cc2cnc(Nc3ccc(N4CCN(C)CC4)cc3)nc21. The molecule has 8 nitrogen and oxygen atoms in total. The zero-order valence-electron chi connectivity index (χ0n) is 21.7. The van der Waals surface area contributed by atoms with Crippen molar-refractivity contribution in [2.45, 2.75) is 26.0 Å². The number of likely N-dealkylation sites (N-methyl/N-ethyl adjacent to an activating group) is 1. The maximum atomic E-state index is 13.5. The summed E-state index contributed by atoms with van der Waals surface area (Å²) in [5.74, 6) is 0.446. The third-order valence-electron chi connectivity index (χ3n) is 7.49. The van der Waals surface area contributed by atoms with Gasteiger partial charge >= 0.3 is 0 Å². The van der Waals surface area contributed by atoms with Crippen LogP contribution < -0.4 is 15.8 Å². The molecule has 2 aliphatic heterocycles. The molecule has 38 heavy (non-hydrogen) atoms. The van der Waals surface area contributed by atoms with Gasteiger partial charge in [0.05, 0.1) is 12.7 Å². The second kappa shape index (κ2) is 10.4. The first-order valence-corrected chi connectivity index (χ1v) is 13.5. The lowest BCUT2D eigenvalue weighted by Crippen LogP contribution is -2.44. The number of anilines is 3. The Bertz CT molecular complexity index is 1530. The number of hydrogen-bond acceptors (Lipinski definition) is 7. The molecule has 2 fully saturated rings. The van der Waals surface area contributed by atoms with Crippen molar-refractivity contribution in [3.63, 3.8) is 0 Å². The predicted octanol–water partition coefficient (Wildman–Crippen LogP) is 5.09. The maximum absolute atomic E-state index is 13.5. The molecule has 1 atom stereocenters. The Labute approximate surface area is 226 Å². The fourth-order valence-corrected chi connectivity index (χ4v) is 5.39. The second-order valence-electron chi connectivity index (χ2n) is 9.93. The number of hydrogen-bond donors (Lipinski definition) is 1. The van der Waals surface area contributed by atoms with E-state index in [1.807, 2.05) is 43.3 Å². The van der Waals surface area contributed by atoms with Crippen LogP contribution in [0.15, 0.2) is 59.5 Å². The number of ether oxygens (including phenoxy) is 1. The molecule has 2 aromatic carbocycles. The number of benzene rings is 2. The summed E-state index contributed by atoms with van der Waals surface area (Å²) in [7, 11) is 2.16. The van der Waals surface area contributed by atoms with E-state index in [4.69, 9.17) is 21.3 Å². The summed E-state index contributed by atoms with van der Waals surface area (Å²) in [6.07, 6.45) is 2.83. The Balaban J connectivity index is 1.27. The third-order valence-corrected chi connectivity index (χ3v) is 7.80. The highest BCUT2D eigenvalue weighted by Crippen LogP contribution is 2.35. The molecule has 1 N–H and O–H groups in total. The highest BCUT2D eigenvalue weighted by molar-refractivity contribution is 6.33. The molecule has 0 radical (unpaired) electrons. The molecule has 0 aliphatic carbocycles. The smallest absolute Gasteiger partial charge is 0.260 e. The van der Waals surface area contributed by atoms with Crippen molar-refractivity contribution in [1.82, 2.24) is 19.4 Å². The lowest BCUT2D eigenvalue weighted by Gasteiger charge is -2.34. The van der Waals surface area contributed by atoms with Gasteiger partial charge in [-0.3, -0.25) is 9.36 Å². The Morgan fingerprint density at radius 3 is 2.47 bits per heavy atom. The minimum Gasteiger partial charge on any atom is -0.373 e. The van der Waals surface area contributed by atoms with E-state index in [1.165, 1.54) is 5.69 Å². The van der Waals surface area contributed by atoms with E-state index in [9.17, 15) is 4.79 Å². The summed E-state index contributed by atoms with van der Waals surface area (Å²) in [6.45, 7) is 7.38. The number of fused-ring (bicyclic) bond motifs is 1. The number of halogens is 1. The fourth-order valence-electron chi connectivity index (χ4n) is 5.10. The molecular formula is C29H31ClN6O2. The van der Waals surface area contributed by atoms with E-state index in [0.717, 1.165) is 55.8 Å². The van der Waals surface area contributed by atoms with E-state index >= 15 is 0 Å². The van der Waals surface area contributed by atoms with Gasteiger partial charge in [0, 0.05) is 78.3 Å². The number of aryl methyl sites for hydroxylation is 1. The monoisotopic (exact) mass is 530 g/mol. The van der Waals surface area contributed by atoms with Crippen LogP contribution in [0.2, 0.25) is 5.02 Å². The van der Waals surface area contributed by atoms with Gasteiger partial charge < -0.3 is 19.9 Å². The number of nitrogens with zero attached hydrogens (tertiary/aromatic N) is 5. The van der Waals surface area contributed by atoms with Gasteiger partial charge in [0.15, 0.2) is 0 Å². The average Bonchev–Trinajstić information content (AvgIpc) is 2.89. The molecule has 0 bridgehead atoms. The topological polar surface area (TPSA) is 75.5 Å². The Morgan fingerprint density at radius 1 is 1.05 bits per heavy atom. The van der Waals surface area contributed by atoms with Gasteiger partial charge in [-0.2, -0.15) is 4.98 Å².